The maximum atomic E-state index is 8.63. The van der Waals surface area contributed by atoms with Crippen molar-refractivity contribution in [3.63, 3.8) is 0 Å². The van der Waals surface area contributed by atoms with Crippen molar-refractivity contribution in [2.45, 2.75) is 66.0 Å². The van der Waals surface area contributed by atoms with E-state index in [-0.39, 0.29) is 37.5 Å². The standard InChI is InChI=1S/C44H35N2O2.C14H16NSi.Ir/c1-25(2)35-23-29(28-14-7-6-8-15-28)24-36(26(3)4)40(35)46-39-27(5)13-11-19-37(39)45-44(46)34-18-12-17-31-33-22-21-32-30-16-9-10-20-38(30)47-42(32)43(33)48-41(31)34;1-16(2,3)13-9-10-14(15-11-13)12-7-5-4-6-8-12;/h6-17,19-26H,1-5H3;4-7,9-11H,1-3H3;/q2*-1;/i5D3;;. The Morgan fingerprint density at radius 1 is 0.631 bits per heavy atom. The van der Waals surface area contributed by atoms with Crippen LogP contribution in [0.3, 0.4) is 0 Å². The predicted octanol–water partition coefficient (Wildman–Crippen LogP) is 15.6. The first kappa shape index (κ1) is 40.2. The molecule has 0 unspecified atom stereocenters. The van der Waals surface area contributed by atoms with Gasteiger partial charge in [0.15, 0.2) is 11.2 Å². The number of rotatable bonds is 7. The van der Waals surface area contributed by atoms with Gasteiger partial charge >= 0.3 is 0 Å². The van der Waals surface area contributed by atoms with Crippen LogP contribution in [0.25, 0.3) is 94.4 Å². The van der Waals surface area contributed by atoms with Crippen LogP contribution in [0.5, 0.6) is 0 Å². The van der Waals surface area contributed by atoms with E-state index in [1.807, 2.05) is 72.9 Å². The number of hydrogen-bond acceptors (Lipinski definition) is 4. The Labute approximate surface area is 399 Å². The number of nitrogens with zero attached hydrogens (tertiary/aromatic N) is 3. The van der Waals surface area contributed by atoms with Crippen LogP contribution in [0, 0.1) is 19.0 Å². The van der Waals surface area contributed by atoms with E-state index >= 15 is 0 Å². The van der Waals surface area contributed by atoms with Gasteiger partial charge in [0.1, 0.15) is 5.58 Å². The largest absolute Gasteiger partial charge is 0.497 e. The van der Waals surface area contributed by atoms with Crippen LogP contribution in [0.1, 0.15) is 60.3 Å². The maximum absolute atomic E-state index is 8.63. The summed E-state index contributed by atoms with van der Waals surface area (Å²) in [5, 5.41) is 5.24. The van der Waals surface area contributed by atoms with Crippen LogP contribution in [0.2, 0.25) is 19.6 Å². The molecule has 0 bridgehead atoms. The summed E-state index contributed by atoms with van der Waals surface area (Å²) in [7, 11) is -1.23. The first-order valence-corrected chi connectivity index (χ1v) is 25.5. The molecule has 0 aliphatic rings. The van der Waals surface area contributed by atoms with Crippen LogP contribution >= 0.6 is 0 Å². The molecule has 0 saturated carbocycles. The molecule has 0 amide bonds. The second-order valence-corrected chi connectivity index (χ2v) is 23.3. The predicted molar refractivity (Wildman–Crippen MR) is 270 cm³/mol. The third kappa shape index (κ3) is 7.96. The number of benzene rings is 7. The van der Waals surface area contributed by atoms with E-state index in [9.17, 15) is 0 Å². The summed E-state index contributed by atoms with van der Waals surface area (Å²) < 4.78 is 41.2. The molecule has 325 valence electrons. The van der Waals surface area contributed by atoms with Crippen LogP contribution in [0.15, 0.2) is 161 Å². The molecule has 65 heavy (non-hydrogen) atoms. The molecular formula is C58H51IrN3O2Si-2. The first-order valence-electron chi connectivity index (χ1n) is 23.5. The fraction of sp³-hybridized carbons (Fsp3) is 0.172. The third-order valence-corrected chi connectivity index (χ3v) is 14.2. The zero-order valence-corrected chi connectivity index (χ0v) is 41.0. The minimum Gasteiger partial charge on any atom is -0.497 e. The summed E-state index contributed by atoms with van der Waals surface area (Å²) in [4.78, 5) is 9.75. The molecule has 0 aliphatic carbocycles. The number of para-hydroxylation sites is 2. The van der Waals surface area contributed by atoms with E-state index in [1.54, 1.807) is 12.1 Å². The first-order chi connectivity index (χ1) is 32.2. The maximum Gasteiger partial charge on any atom is 0.177 e. The summed E-state index contributed by atoms with van der Waals surface area (Å²) in [6, 6.07) is 55.3. The van der Waals surface area contributed by atoms with Crippen molar-refractivity contribution in [3.8, 4) is 39.5 Å². The van der Waals surface area contributed by atoms with Crippen molar-refractivity contribution < 1.29 is 33.1 Å². The molecule has 0 atom stereocenters. The van der Waals surface area contributed by atoms with Gasteiger partial charge < -0.3 is 18.4 Å². The zero-order chi connectivity index (χ0) is 46.8. The molecule has 4 heterocycles. The second kappa shape index (κ2) is 17.5. The van der Waals surface area contributed by atoms with Crippen molar-refractivity contribution in [2.24, 2.45) is 0 Å². The second-order valence-electron chi connectivity index (χ2n) is 18.2. The number of aryl methyl sites for hydroxylation is 1. The number of imidazole rings is 1. The monoisotopic (exact) mass is 1050 g/mol. The van der Waals surface area contributed by atoms with Crippen molar-refractivity contribution in [1.82, 2.24) is 14.5 Å². The van der Waals surface area contributed by atoms with Crippen LogP contribution in [-0.2, 0) is 20.1 Å². The number of fused-ring (bicyclic) bond motifs is 8. The Balaban J connectivity index is 0.000000289. The van der Waals surface area contributed by atoms with E-state index in [0.29, 0.717) is 39.2 Å². The average Bonchev–Trinajstić information content (AvgIpc) is 4.03. The Kier molecular flexibility index (Phi) is 10.8. The van der Waals surface area contributed by atoms with Gasteiger partial charge in [-0.05, 0) is 87.7 Å². The molecular weight excluding hydrogens is 991 g/mol. The molecule has 11 rings (SSSR count). The summed E-state index contributed by atoms with van der Waals surface area (Å²) in [5.74, 6) is 0.793. The number of aromatic nitrogens is 3. The summed E-state index contributed by atoms with van der Waals surface area (Å²) in [5.41, 5.74) is 12.3. The van der Waals surface area contributed by atoms with Gasteiger partial charge in [0.2, 0.25) is 0 Å². The topological polar surface area (TPSA) is 57.0 Å². The van der Waals surface area contributed by atoms with Crippen molar-refractivity contribution in [1.29, 1.82) is 0 Å². The summed E-state index contributed by atoms with van der Waals surface area (Å²) >= 11 is 0. The molecule has 4 aromatic heterocycles. The van der Waals surface area contributed by atoms with Crippen LogP contribution in [0.4, 0.5) is 0 Å². The van der Waals surface area contributed by atoms with Gasteiger partial charge in [-0.3, -0.25) is 4.98 Å². The molecule has 1 radical (unpaired) electrons. The van der Waals surface area contributed by atoms with E-state index in [1.165, 1.54) is 5.19 Å². The quantitative estimate of drug-likeness (QED) is 0.118. The Morgan fingerprint density at radius 2 is 1.32 bits per heavy atom. The van der Waals surface area contributed by atoms with E-state index in [4.69, 9.17) is 17.9 Å². The Hall–Kier alpha value is -6.37. The third-order valence-electron chi connectivity index (χ3n) is 12.2. The van der Waals surface area contributed by atoms with Gasteiger partial charge in [0.25, 0.3) is 0 Å². The summed E-state index contributed by atoms with van der Waals surface area (Å²) in [6.45, 7) is 13.4. The van der Waals surface area contributed by atoms with E-state index in [2.05, 4.69) is 136 Å². The molecule has 7 heteroatoms. The van der Waals surface area contributed by atoms with Gasteiger partial charge in [-0.25, -0.2) is 0 Å². The minimum atomic E-state index is -2.38. The van der Waals surface area contributed by atoms with Gasteiger partial charge in [0.05, 0.1) is 30.5 Å². The fourth-order valence-corrected chi connectivity index (χ4v) is 9.86. The molecule has 5 nitrogen and oxygen atoms in total. The van der Waals surface area contributed by atoms with Crippen molar-refractivity contribution in [3.05, 3.63) is 181 Å². The van der Waals surface area contributed by atoms with Gasteiger partial charge in [-0.2, -0.15) is 0 Å². The molecule has 0 fully saturated rings. The average molecular weight is 1050 g/mol. The van der Waals surface area contributed by atoms with Gasteiger partial charge in [-0.1, -0.05) is 137 Å². The van der Waals surface area contributed by atoms with E-state index in [0.717, 1.165) is 66.3 Å². The minimum absolute atomic E-state index is 0. The zero-order valence-electron chi connectivity index (χ0n) is 40.6. The molecule has 0 aliphatic heterocycles. The van der Waals surface area contributed by atoms with Crippen molar-refractivity contribution >= 4 is 68.2 Å². The molecule has 0 saturated heterocycles. The van der Waals surface area contributed by atoms with E-state index < -0.39 is 14.9 Å². The normalized spacial score (nSPS) is 12.7. The van der Waals surface area contributed by atoms with Crippen LogP contribution < -0.4 is 5.19 Å². The number of furan rings is 2. The van der Waals surface area contributed by atoms with Gasteiger partial charge in [-0.15, -0.1) is 54.1 Å². The van der Waals surface area contributed by atoms with Gasteiger partial charge in [0, 0.05) is 52.3 Å². The SMILES string of the molecule is C[Si](C)(C)c1ccc(-c2[c-]cccc2)nc1.[2H]C([2H])([2H])c1cccc2nc(-c3[c-]ccc4c3oc3c4ccc4c5ccccc5oc43)n(-c3c(C(C)C)cc(-c4ccccc4)cc3C(C)C)c12.[Ir]. The molecule has 7 aromatic carbocycles. The smallest absolute Gasteiger partial charge is 0.177 e. The fourth-order valence-electron chi connectivity index (χ4n) is 8.83. The summed E-state index contributed by atoms with van der Waals surface area (Å²) in [6.07, 6.45) is 2.02. The molecule has 0 N–H and O–H groups in total. The van der Waals surface area contributed by atoms with Crippen LogP contribution in [-0.4, -0.2) is 22.6 Å². The number of pyridine rings is 1. The Bertz CT molecular complexity index is 3580. The Morgan fingerprint density at radius 3 is 2.00 bits per heavy atom. The molecule has 0 spiro atoms. The van der Waals surface area contributed by atoms with Crippen molar-refractivity contribution in [2.75, 3.05) is 0 Å². The molecule has 11 aromatic rings. The number of hydrogen-bond donors (Lipinski definition) is 0.